The van der Waals surface area contributed by atoms with Crippen molar-refractivity contribution < 1.29 is 38.9 Å². The number of hydrogen-bond donors (Lipinski definition) is 0. The number of fused-ring (bicyclic) bond motifs is 2. The van der Waals surface area contributed by atoms with Crippen molar-refractivity contribution in [2.75, 3.05) is 0 Å². The van der Waals surface area contributed by atoms with E-state index >= 15 is 0 Å². The molecule has 1 fully saturated rings. The zero-order valence-electron chi connectivity index (χ0n) is 28.3. The second-order valence-corrected chi connectivity index (χ2v) is 76.5. The van der Waals surface area contributed by atoms with Gasteiger partial charge in [-0.05, 0) is 0 Å². The molecule has 2 aliphatic carbocycles. The molecular formula is C42H50SiZr2. The van der Waals surface area contributed by atoms with Crippen LogP contribution in [0.5, 0.6) is 0 Å². The summed E-state index contributed by atoms with van der Waals surface area (Å²) < 4.78 is 11.9. The topological polar surface area (TPSA) is 0 Å². The van der Waals surface area contributed by atoms with Crippen molar-refractivity contribution in [2.24, 2.45) is 0 Å². The van der Waals surface area contributed by atoms with Gasteiger partial charge in [0.2, 0.25) is 0 Å². The predicted octanol–water partition coefficient (Wildman–Crippen LogP) is 13.2. The summed E-state index contributed by atoms with van der Waals surface area (Å²) in [5.41, 5.74) is 15.7. The van der Waals surface area contributed by atoms with Gasteiger partial charge in [-0.25, -0.2) is 0 Å². The molecule has 45 heavy (non-hydrogen) atoms. The van der Waals surface area contributed by atoms with E-state index in [1.807, 2.05) is 0 Å². The molecule has 0 spiro atoms. The quantitative estimate of drug-likeness (QED) is 0.157. The third-order valence-electron chi connectivity index (χ3n) is 12.7. The van der Waals surface area contributed by atoms with Gasteiger partial charge in [0.15, 0.2) is 0 Å². The normalized spacial score (nSPS) is 20.5. The Balaban J connectivity index is 1.37. The van der Waals surface area contributed by atoms with Crippen molar-refractivity contribution in [3.8, 4) is 22.3 Å². The van der Waals surface area contributed by atoms with E-state index < -0.39 is 41.2 Å². The second-order valence-electron chi connectivity index (χ2n) is 15.1. The Hall–Kier alpha value is -1.66. The first-order valence-corrected chi connectivity index (χ1v) is 40.0. The fourth-order valence-corrected chi connectivity index (χ4v) is 163. The Bertz CT molecular complexity index is 1650. The van der Waals surface area contributed by atoms with Crippen LogP contribution in [0.2, 0.25) is 30.6 Å². The Morgan fingerprint density at radius 2 is 0.933 bits per heavy atom. The van der Waals surface area contributed by atoms with Crippen LogP contribution in [-0.4, -0.2) is 2.33 Å². The summed E-state index contributed by atoms with van der Waals surface area (Å²) in [6.45, 7) is 4.89. The van der Waals surface area contributed by atoms with Gasteiger partial charge >= 0.3 is 283 Å². The molecule has 0 nitrogen and oxygen atoms in total. The van der Waals surface area contributed by atoms with Crippen LogP contribution in [0.25, 0.3) is 34.4 Å². The van der Waals surface area contributed by atoms with Crippen molar-refractivity contribution in [1.82, 2.24) is 0 Å². The molecule has 3 aliphatic rings. The maximum atomic E-state index is 2.98. The van der Waals surface area contributed by atoms with E-state index in [2.05, 4.69) is 142 Å². The molecule has 2 unspecified atom stereocenters. The zero-order chi connectivity index (χ0) is 31.4. The molecule has 7 rings (SSSR count). The third-order valence-corrected chi connectivity index (χ3v) is 134. The van der Waals surface area contributed by atoms with Gasteiger partial charge in [0.25, 0.3) is 0 Å². The fraction of sp³-hybridized carbons (Fsp3) is 0.333. The van der Waals surface area contributed by atoms with Crippen molar-refractivity contribution in [3.05, 3.63) is 130 Å². The van der Waals surface area contributed by atoms with E-state index in [4.69, 9.17) is 0 Å². The van der Waals surface area contributed by atoms with Gasteiger partial charge in [-0.1, -0.05) is 0 Å². The Kier molecular flexibility index (Phi) is 8.81. The Morgan fingerprint density at radius 3 is 1.31 bits per heavy atom. The van der Waals surface area contributed by atoms with Crippen LogP contribution >= 0.6 is 0 Å². The molecule has 0 bridgehead atoms. The van der Waals surface area contributed by atoms with Gasteiger partial charge in [0.05, 0.1) is 0 Å². The van der Waals surface area contributed by atoms with Gasteiger partial charge in [0.1, 0.15) is 0 Å². The van der Waals surface area contributed by atoms with Crippen LogP contribution in [0.15, 0.2) is 108 Å². The average Bonchev–Trinajstić information content (AvgIpc) is 3.81. The van der Waals surface area contributed by atoms with E-state index in [1.165, 1.54) is 47.9 Å². The second kappa shape index (κ2) is 12.4. The first kappa shape index (κ1) is 31.9. The molecule has 1 saturated heterocycles. The molecule has 1 heterocycles. The predicted molar refractivity (Wildman–Crippen MR) is 194 cm³/mol. The Morgan fingerprint density at radius 1 is 0.533 bits per heavy atom. The van der Waals surface area contributed by atoms with Crippen molar-refractivity contribution in [1.29, 1.82) is 0 Å². The first-order valence-electron chi connectivity index (χ1n) is 17.5. The summed E-state index contributed by atoms with van der Waals surface area (Å²) >= 11 is -5.62. The summed E-state index contributed by atoms with van der Waals surface area (Å²) in [6.07, 6.45) is 10.7. The minimum atomic E-state index is -2.81. The molecule has 0 saturated carbocycles. The molecule has 4 aromatic rings. The van der Waals surface area contributed by atoms with E-state index in [-0.39, 0.29) is 0 Å². The number of allylic oxidation sites excluding steroid dienone is 2. The summed E-state index contributed by atoms with van der Waals surface area (Å²) in [4.78, 5) is 0. The van der Waals surface area contributed by atoms with Crippen LogP contribution in [0.1, 0.15) is 69.0 Å². The van der Waals surface area contributed by atoms with E-state index in [0.717, 1.165) is 7.25 Å². The number of benzene rings is 4. The molecule has 230 valence electrons. The fourth-order valence-electron chi connectivity index (χ4n) is 10.6. The van der Waals surface area contributed by atoms with Crippen LogP contribution < -0.4 is 0 Å². The molecule has 0 aromatic heterocycles. The first-order chi connectivity index (χ1) is 21.7. The van der Waals surface area contributed by atoms with Gasteiger partial charge in [-0.15, -0.1) is 0 Å². The molecule has 2 atom stereocenters. The monoisotopic (exact) mass is 762 g/mol. The molecular weight excluding hydrogens is 715 g/mol. The Labute approximate surface area is 280 Å². The van der Waals surface area contributed by atoms with Crippen LogP contribution in [0, 0.1) is 0 Å². The maximum absolute atomic E-state index is 2.98. The standard InChI is InChI=1S/2C17H15.C4H8Si.4CH3.2Zr/c2*1-2-13-11-15-9-6-10-16(17(15)12-13)14-7-4-3-5-8-14;1-2-4-5-3-1;;;;;;/h2*3-12H,2H2,1H3;1-4H2;4*1H3;;. The van der Waals surface area contributed by atoms with Crippen LogP contribution in [0.3, 0.4) is 0 Å². The molecule has 0 N–H and O–H groups in total. The van der Waals surface area contributed by atoms with E-state index in [0.29, 0.717) is 0 Å². The summed E-state index contributed by atoms with van der Waals surface area (Å²) in [6, 6.07) is 40.2. The van der Waals surface area contributed by atoms with Crippen LogP contribution in [0.4, 0.5) is 0 Å². The summed E-state index contributed by atoms with van der Waals surface area (Å²) in [5.74, 6) is 0. The average molecular weight is 765 g/mol. The molecule has 3 heteroatoms. The number of rotatable bonds is 8. The van der Waals surface area contributed by atoms with Crippen molar-refractivity contribution in [2.45, 2.75) is 77.4 Å². The molecule has 0 amide bonds. The van der Waals surface area contributed by atoms with E-state index in [1.54, 1.807) is 45.5 Å². The van der Waals surface area contributed by atoms with Crippen molar-refractivity contribution >= 4 is 14.5 Å². The van der Waals surface area contributed by atoms with Gasteiger partial charge < -0.3 is 0 Å². The molecule has 0 radical (unpaired) electrons. The minimum absolute atomic E-state index is 0.745. The number of hydrogen-bond acceptors (Lipinski definition) is 0. The third kappa shape index (κ3) is 5.01. The van der Waals surface area contributed by atoms with Gasteiger partial charge in [-0.2, -0.15) is 0 Å². The van der Waals surface area contributed by atoms with Crippen molar-refractivity contribution in [3.63, 3.8) is 0 Å². The zero-order valence-corrected chi connectivity index (χ0v) is 34.2. The summed E-state index contributed by atoms with van der Waals surface area (Å²) in [5, 5.41) is 0. The van der Waals surface area contributed by atoms with Crippen LogP contribution in [-0.2, 0) is 38.9 Å². The van der Waals surface area contributed by atoms with Gasteiger partial charge in [0, 0.05) is 0 Å². The molecule has 4 aromatic carbocycles. The summed E-state index contributed by atoms with van der Waals surface area (Å²) in [7, 11) is 0. The van der Waals surface area contributed by atoms with E-state index in [9.17, 15) is 0 Å². The SMILES string of the molecule is CCC1=Cc2c(-c3ccccc3)cccc2[CH]1[Zr]([CH3])([CH3])[Si]1([Zr]([CH3])([CH3])[CH]2C(CC)=Cc3c(-c4ccccc4)cccc32)CCCC1. The van der Waals surface area contributed by atoms with Gasteiger partial charge in [-0.3, -0.25) is 0 Å². The molecule has 1 aliphatic heterocycles.